The molecule has 146 valence electrons. The molecule has 0 saturated carbocycles. The zero-order chi connectivity index (χ0) is 20.5. The lowest BCUT2D eigenvalue weighted by atomic mass is 10.1. The van der Waals surface area contributed by atoms with Crippen LogP contribution in [0.1, 0.15) is 11.1 Å². The monoisotopic (exact) mass is 444 g/mol. The van der Waals surface area contributed by atoms with Crippen molar-refractivity contribution in [2.45, 2.75) is 13.5 Å². The molecule has 1 heterocycles. The van der Waals surface area contributed by atoms with Gasteiger partial charge in [0, 0.05) is 21.2 Å². The molecule has 0 aliphatic carbocycles. The molecule has 0 amide bonds. The Morgan fingerprint density at radius 1 is 0.897 bits per heavy atom. The normalized spacial score (nSPS) is 11.0. The number of ether oxygens (including phenoxy) is 1. The van der Waals surface area contributed by atoms with E-state index in [1.165, 1.54) is 0 Å². The standard InChI is InChI=1S/C23H15Cl3O3/c1-13-9-10-15-20(11-13)29-22(14-5-2-3-6-17(14)24)23(21(15)27)28-12-16-18(25)7-4-8-19(16)26/h2-11H,12H2,1H3. The molecule has 0 spiro atoms. The fraction of sp³-hybridized carbons (Fsp3) is 0.0870. The van der Waals surface area contributed by atoms with E-state index >= 15 is 0 Å². The lowest BCUT2D eigenvalue weighted by Gasteiger charge is -2.14. The summed E-state index contributed by atoms with van der Waals surface area (Å²) in [6, 6.07) is 17.7. The molecule has 0 bridgehead atoms. The fourth-order valence-electron chi connectivity index (χ4n) is 3.05. The highest BCUT2D eigenvalue weighted by Crippen LogP contribution is 2.36. The Balaban J connectivity index is 1.90. The lowest BCUT2D eigenvalue weighted by Crippen LogP contribution is -2.11. The first kappa shape index (κ1) is 19.8. The van der Waals surface area contributed by atoms with E-state index in [-0.39, 0.29) is 23.5 Å². The Kier molecular flexibility index (Phi) is 5.55. The van der Waals surface area contributed by atoms with Crippen molar-refractivity contribution in [1.29, 1.82) is 0 Å². The summed E-state index contributed by atoms with van der Waals surface area (Å²) in [7, 11) is 0. The van der Waals surface area contributed by atoms with Gasteiger partial charge in [0.15, 0.2) is 5.76 Å². The second kappa shape index (κ2) is 8.11. The van der Waals surface area contributed by atoms with Crippen molar-refractivity contribution in [2.24, 2.45) is 0 Å². The number of hydrogen-bond acceptors (Lipinski definition) is 3. The van der Waals surface area contributed by atoms with Gasteiger partial charge in [0.1, 0.15) is 12.2 Å². The second-order valence-electron chi connectivity index (χ2n) is 6.56. The van der Waals surface area contributed by atoms with Crippen LogP contribution in [0.4, 0.5) is 0 Å². The molecule has 0 saturated heterocycles. The topological polar surface area (TPSA) is 39.4 Å². The maximum atomic E-state index is 13.2. The third-order valence-corrected chi connectivity index (χ3v) is 5.59. The molecular weight excluding hydrogens is 431 g/mol. The highest BCUT2D eigenvalue weighted by Gasteiger charge is 2.20. The zero-order valence-electron chi connectivity index (χ0n) is 15.3. The van der Waals surface area contributed by atoms with Gasteiger partial charge in [-0.05, 0) is 48.9 Å². The Bertz CT molecular complexity index is 1260. The summed E-state index contributed by atoms with van der Waals surface area (Å²) < 4.78 is 12.0. The third kappa shape index (κ3) is 3.86. The van der Waals surface area contributed by atoms with Crippen LogP contribution in [0, 0.1) is 6.92 Å². The molecule has 3 nitrogen and oxygen atoms in total. The molecule has 6 heteroatoms. The van der Waals surface area contributed by atoms with Crippen molar-refractivity contribution in [3.8, 4) is 17.1 Å². The van der Waals surface area contributed by atoms with Gasteiger partial charge in [-0.1, -0.05) is 59.1 Å². The number of rotatable bonds is 4. The maximum Gasteiger partial charge on any atom is 0.235 e. The van der Waals surface area contributed by atoms with Gasteiger partial charge in [0.2, 0.25) is 11.2 Å². The minimum atomic E-state index is -0.288. The smallest absolute Gasteiger partial charge is 0.235 e. The molecule has 0 aliphatic heterocycles. The van der Waals surface area contributed by atoms with Gasteiger partial charge in [0.25, 0.3) is 0 Å². The average Bonchev–Trinajstić information content (AvgIpc) is 2.69. The van der Waals surface area contributed by atoms with Crippen LogP contribution in [0.2, 0.25) is 15.1 Å². The number of halogens is 3. The molecule has 4 aromatic rings. The highest BCUT2D eigenvalue weighted by molar-refractivity contribution is 6.36. The molecule has 29 heavy (non-hydrogen) atoms. The van der Waals surface area contributed by atoms with Crippen molar-refractivity contribution >= 4 is 45.8 Å². The summed E-state index contributed by atoms with van der Waals surface area (Å²) in [5.41, 5.74) is 2.30. The van der Waals surface area contributed by atoms with Crippen molar-refractivity contribution in [2.75, 3.05) is 0 Å². The van der Waals surface area contributed by atoms with E-state index in [2.05, 4.69) is 0 Å². The van der Waals surface area contributed by atoms with E-state index in [4.69, 9.17) is 44.0 Å². The molecule has 0 atom stereocenters. The predicted molar refractivity (Wildman–Crippen MR) is 118 cm³/mol. The van der Waals surface area contributed by atoms with Crippen LogP contribution >= 0.6 is 34.8 Å². The lowest BCUT2D eigenvalue weighted by molar-refractivity contribution is 0.298. The van der Waals surface area contributed by atoms with E-state index in [0.717, 1.165) is 5.56 Å². The molecule has 0 fully saturated rings. The van der Waals surface area contributed by atoms with Gasteiger partial charge in [-0.25, -0.2) is 0 Å². The first-order valence-electron chi connectivity index (χ1n) is 8.84. The Hall–Kier alpha value is -2.46. The SMILES string of the molecule is Cc1ccc2c(=O)c(OCc3c(Cl)cccc3Cl)c(-c3ccccc3Cl)oc2c1. The van der Waals surface area contributed by atoms with Crippen molar-refractivity contribution in [1.82, 2.24) is 0 Å². The molecule has 4 rings (SSSR count). The number of aryl methyl sites for hydroxylation is 1. The molecule has 1 aromatic heterocycles. The Labute approximate surface area is 182 Å². The summed E-state index contributed by atoms with van der Waals surface area (Å²) in [6.07, 6.45) is 0. The van der Waals surface area contributed by atoms with Gasteiger partial charge in [0.05, 0.1) is 10.4 Å². The van der Waals surface area contributed by atoms with Gasteiger partial charge in [-0.3, -0.25) is 4.79 Å². The summed E-state index contributed by atoms with van der Waals surface area (Å²) in [4.78, 5) is 13.2. The van der Waals surface area contributed by atoms with Gasteiger partial charge in [-0.15, -0.1) is 0 Å². The fourth-order valence-corrected chi connectivity index (χ4v) is 3.78. The molecular formula is C23H15Cl3O3. The minimum Gasteiger partial charge on any atom is -0.481 e. The summed E-state index contributed by atoms with van der Waals surface area (Å²) >= 11 is 18.9. The quantitative estimate of drug-likeness (QED) is 0.330. The molecule has 0 N–H and O–H groups in total. The predicted octanol–water partition coefficient (Wildman–Crippen LogP) is 7.31. The van der Waals surface area contributed by atoms with Crippen molar-refractivity contribution in [3.05, 3.63) is 97.1 Å². The molecule has 0 radical (unpaired) electrons. The van der Waals surface area contributed by atoms with Gasteiger partial charge >= 0.3 is 0 Å². The highest BCUT2D eigenvalue weighted by atomic mass is 35.5. The largest absolute Gasteiger partial charge is 0.481 e. The van der Waals surface area contributed by atoms with Crippen LogP contribution in [0.25, 0.3) is 22.3 Å². The van der Waals surface area contributed by atoms with Crippen LogP contribution in [0.3, 0.4) is 0 Å². The van der Waals surface area contributed by atoms with Crippen molar-refractivity contribution in [3.63, 3.8) is 0 Å². The molecule has 0 aliphatic rings. The van der Waals surface area contributed by atoms with Gasteiger partial charge < -0.3 is 9.15 Å². The van der Waals surface area contributed by atoms with E-state index < -0.39 is 0 Å². The van der Waals surface area contributed by atoms with Crippen LogP contribution in [0.15, 0.2) is 69.9 Å². The van der Waals surface area contributed by atoms with Crippen LogP contribution in [-0.4, -0.2) is 0 Å². The average molecular weight is 446 g/mol. The number of hydrogen-bond donors (Lipinski definition) is 0. The number of fused-ring (bicyclic) bond motifs is 1. The van der Waals surface area contributed by atoms with Crippen LogP contribution in [-0.2, 0) is 6.61 Å². The van der Waals surface area contributed by atoms with E-state index in [9.17, 15) is 4.79 Å². The Morgan fingerprint density at radius 3 is 2.31 bits per heavy atom. The van der Waals surface area contributed by atoms with Crippen LogP contribution in [0.5, 0.6) is 5.75 Å². The summed E-state index contributed by atoms with van der Waals surface area (Å²) in [6.45, 7) is 1.94. The first-order chi connectivity index (χ1) is 14.0. The van der Waals surface area contributed by atoms with Crippen LogP contribution < -0.4 is 10.2 Å². The van der Waals surface area contributed by atoms with E-state index in [1.807, 2.05) is 25.1 Å². The second-order valence-corrected chi connectivity index (χ2v) is 7.78. The van der Waals surface area contributed by atoms with E-state index in [0.29, 0.717) is 37.2 Å². The molecule has 3 aromatic carbocycles. The van der Waals surface area contributed by atoms with Gasteiger partial charge in [-0.2, -0.15) is 0 Å². The Morgan fingerprint density at radius 2 is 1.59 bits per heavy atom. The zero-order valence-corrected chi connectivity index (χ0v) is 17.6. The first-order valence-corrected chi connectivity index (χ1v) is 9.97. The summed E-state index contributed by atoms with van der Waals surface area (Å²) in [5, 5.41) is 1.78. The maximum absolute atomic E-state index is 13.2. The van der Waals surface area contributed by atoms with E-state index in [1.54, 1.807) is 42.5 Å². The third-order valence-electron chi connectivity index (χ3n) is 4.55. The summed E-state index contributed by atoms with van der Waals surface area (Å²) in [5.74, 6) is 0.326. The minimum absolute atomic E-state index is 0.0120. The van der Waals surface area contributed by atoms with Crippen molar-refractivity contribution < 1.29 is 9.15 Å². The molecule has 0 unspecified atom stereocenters. The number of benzene rings is 3.